The molecule has 2 aromatic carbocycles. The summed E-state index contributed by atoms with van der Waals surface area (Å²) in [4.78, 5) is 11.4. The van der Waals surface area contributed by atoms with E-state index < -0.39 is 16.8 Å². The van der Waals surface area contributed by atoms with Crippen LogP contribution in [0, 0.1) is 0 Å². The largest absolute Gasteiger partial charge is 0.496 e. The van der Waals surface area contributed by atoms with Crippen LogP contribution in [-0.2, 0) is 16.6 Å². The van der Waals surface area contributed by atoms with Gasteiger partial charge in [-0.15, -0.1) is 0 Å². The molecule has 0 aliphatic rings. The van der Waals surface area contributed by atoms with Crippen molar-refractivity contribution in [1.82, 2.24) is 0 Å². The fourth-order valence-electron chi connectivity index (χ4n) is 1.86. The van der Waals surface area contributed by atoms with Gasteiger partial charge in [-0.25, -0.2) is 4.79 Å². The Morgan fingerprint density at radius 1 is 1.29 bits per heavy atom. The predicted molar refractivity (Wildman–Crippen MR) is 84.2 cm³/mol. The molecule has 0 heterocycles. The van der Waals surface area contributed by atoms with Crippen molar-refractivity contribution in [3.8, 4) is 5.75 Å². The van der Waals surface area contributed by atoms with Crippen molar-refractivity contribution in [2.75, 3.05) is 7.11 Å². The molecule has 0 amide bonds. The third-order valence-electron chi connectivity index (χ3n) is 2.87. The summed E-state index contributed by atoms with van der Waals surface area (Å²) >= 11 is 3.37. The number of methoxy groups -OCH3 is 1. The van der Waals surface area contributed by atoms with Gasteiger partial charge >= 0.3 is 5.97 Å². The molecule has 110 valence electrons. The number of hydrogen-bond donors (Lipinski definition) is 1. The molecule has 1 unspecified atom stereocenters. The van der Waals surface area contributed by atoms with Gasteiger partial charge in [-0.2, -0.15) is 0 Å². The number of ether oxygens (including phenoxy) is 1. The maximum atomic E-state index is 12.4. The van der Waals surface area contributed by atoms with Gasteiger partial charge in [-0.05, 0) is 36.4 Å². The van der Waals surface area contributed by atoms with Gasteiger partial charge in [0.15, 0.2) is 0 Å². The summed E-state index contributed by atoms with van der Waals surface area (Å²) in [7, 11) is 0.211. The molecule has 0 bridgehead atoms. The highest BCUT2D eigenvalue weighted by Gasteiger charge is 2.12. The Balaban J connectivity index is 2.28. The van der Waals surface area contributed by atoms with Crippen LogP contribution in [0.25, 0.3) is 0 Å². The molecule has 0 aliphatic carbocycles. The Morgan fingerprint density at radius 2 is 2.05 bits per heavy atom. The molecule has 6 heteroatoms. The van der Waals surface area contributed by atoms with Gasteiger partial charge < -0.3 is 9.84 Å². The lowest BCUT2D eigenvalue weighted by Crippen LogP contribution is -2.02. The number of rotatable bonds is 5. The minimum atomic E-state index is -1.35. The van der Waals surface area contributed by atoms with E-state index in [0.29, 0.717) is 10.6 Å². The summed E-state index contributed by atoms with van der Waals surface area (Å²) in [5.41, 5.74) is 0.924. The quantitative estimate of drug-likeness (QED) is 0.877. The number of halogens is 1. The molecule has 21 heavy (non-hydrogen) atoms. The van der Waals surface area contributed by atoms with E-state index in [4.69, 9.17) is 9.84 Å². The minimum Gasteiger partial charge on any atom is -0.496 e. The number of hydrogen-bond acceptors (Lipinski definition) is 3. The van der Waals surface area contributed by atoms with E-state index in [1.165, 1.54) is 12.1 Å². The zero-order valence-corrected chi connectivity index (χ0v) is 13.6. The molecule has 1 N–H and O–H groups in total. The highest BCUT2D eigenvalue weighted by molar-refractivity contribution is 9.10. The second-order valence-corrected chi connectivity index (χ2v) is 6.65. The van der Waals surface area contributed by atoms with Gasteiger partial charge in [0.2, 0.25) is 0 Å². The predicted octanol–water partition coefficient (Wildman–Crippen LogP) is 3.46. The second-order valence-electron chi connectivity index (χ2n) is 4.28. The van der Waals surface area contributed by atoms with Crippen molar-refractivity contribution >= 4 is 32.7 Å². The van der Waals surface area contributed by atoms with E-state index >= 15 is 0 Å². The zero-order chi connectivity index (χ0) is 15.4. The van der Waals surface area contributed by atoms with Crippen LogP contribution in [0.1, 0.15) is 15.9 Å². The number of carbonyl (C=O) groups is 1. The van der Waals surface area contributed by atoms with E-state index in [1.807, 2.05) is 12.1 Å². The summed E-state index contributed by atoms with van der Waals surface area (Å²) in [5, 5.41) is 8.97. The fourth-order valence-corrected chi connectivity index (χ4v) is 3.43. The van der Waals surface area contributed by atoms with Gasteiger partial charge in [-0.1, -0.05) is 22.0 Å². The summed E-state index contributed by atoms with van der Waals surface area (Å²) in [6.45, 7) is 0. The molecule has 2 rings (SSSR count). The maximum Gasteiger partial charge on any atom is 0.335 e. The Hall–Kier alpha value is -1.66. The summed E-state index contributed by atoms with van der Waals surface area (Å²) in [6.07, 6.45) is 0. The Bertz CT molecular complexity index is 700. The highest BCUT2D eigenvalue weighted by Crippen LogP contribution is 2.25. The third-order valence-corrected chi connectivity index (χ3v) is 4.72. The Kier molecular flexibility index (Phi) is 5.14. The molecule has 0 saturated carbocycles. The number of carboxylic acid groups (broad SMARTS) is 1. The van der Waals surface area contributed by atoms with Crippen LogP contribution in [-0.4, -0.2) is 22.4 Å². The van der Waals surface area contributed by atoms with Crippen LogP contribution < -0.4 is 4.74 Å². The molecule has 2 aromatic rings. The summed E-state index contributed by atoms with van der Waals surface area (Å²) in [5.74, 6) is -0.124. The SMILES string of the molecule is COc1ccc(Br)cc1CS(=O)c1cccc(C(=O)O)c1. The highest BCUT2D eigenvalue weighted by atomic mass is 79.9. The lowest BCUT2D eigenvalue weighted by Gasteiger charge is -2.09. The van der Waals surface area contributed by atoms with Crippen LogP contribution in [0.3, 0.4) is 0 Å². The number of aromatic carboxylic acids is 1. The third kappa shape index (κ3) is 3.92. The monoisotopic (exact) mass is 368 g/mol. The van der Waals surface area contributed by atoms with Gasteiger partial charge in [0.05, 0.1) is 29.2 Å². The normalized spacial score (nSPS) is 11.9. The standard InChI is InChI=1S/C15H13BrO4S/c1-20-14-6-5-12(16)7-11(14)9-21(19)13-4-2-3-10(8-13)15(17)18/h2-8H,9H2,1H3,(H,17,18). The summed E-state index contributed by atoms with van der Waals surface area (Å²) in [6, 6.07) is 11.6. The number of carboxylic acids is 1. The minimum absolute atomic E-state index is 0.127. The first-order chi connectivity index (χ1) is 10.0. The van der Waals surface area contributed by atoms with Crippen molar-refractivity contribution < 1.29 is 18.8 Å². The maximum absolute atomic E-state index is 12.4. The molecular formula is C15H13BrO4S. The van der Waals surface area contributed by atoms with Crippen LogP contribution >= 0.6 is 15.9 Å². The molecule has 1 atom stereocenters. The molecule has 0 radical (unpaired) electrons. The van der Waals surface area contributed by atoms with Crippen LogP contribution in [0.5, 0.6) is 5.75 Å². The molecular weight excluding hydrogens is 356 g/mol. The molecule has 0 saturated heterocycles. The lowest BCUT2D eigenvalue weighted by molar-refractivity contribution is 0.0696. The molecule has 0 fully saturated rings. The Morgan fingerprint density at radius 3 is 2.71 bits per heavy atom. The molecule has 0 aliphatic heterocycles. The van der Waals surface area contributed by atoms with Gasteiger partial charge in [0, 0.05) is 14.9 Å². The van der Waals surface area contributed by atoms with E-state index in [-0.39, 0.29) is 11.3 Å². The van der Waals surface area contributed by atoms with Crippen molar-refractivity contribution in [3.63, 3.8) is 0 Å². The summed E-state index contributed by atoms with van der Waals surface area (Å²) < 4.78 is 18.5. The fraction of sp³-hybridized carbons (Fsp3) is 0.133. The average Bonchev–Trinajstić information content (AvgIpc) is 2.47. The van der Waals surface area contributed by atoms with Crippen molar-refractivity contribution in [3.05, 3.63) is 58.1 Å². The molecule has 4 nitrogen and oxygen atoms in total. The van der Waals surface area contributed by atoms with Crippen LogP contribution in [0.15, 0.2) is 51.8 Å². The number of benzene rings is 2. The first-order valence-electron chi connectivity index (χ1n) is 6.05. The molecule has 0 spiro atoms. The average molecular weight is 369 g/mol. The van der Waals surface area contributed by atoms with E-state index in [1.54, 1.807) is 25.3 Å². The molecule has 0 aromatic heterocycles. The van der Waals surface area contributed by atoms with E-state index in [9.17, 15) is 9.00 Å². The first-order valence-corrected chi connectivity index (χ1v) is 8.16. The lowest BCUT2D eigenvalue weighted by atomic mass is 10.2. The topological polar surface area (TPSA) is 63.6 Å². The smallest absolute Gasteiger partial charge is 0.335 e. The van der Waals surface area contributed by atoms with Crippen molar-refractivity contribution in [2.24, 2.45) is 0 Å². The van der Waals surface area contributed by atoms with Crippen molar-refractivity contribution in [2.45, 2.75) is 10.6 Å². The van der Waals surface area contributed by atoms with E-state index in [0.717, 1.165) is 10.0 Å². The van der Waals surface area contributed by atoms with Crippen LogP contribution in [0.4, 0.5) is 0 Å². The van der Waals surface area contributed by atoms with Crippen LogP contribution in [0.2, 0.25) is 0 Å². The van der Waals surface area contributed by atoms with E-state index in [2.05, 4.69) is 15.9 Å². The Labute approximate surface area is 133 Å². The second kappa shape index (κ2) is 6.87. The zero-order valence-electron chi connectivity index (χ0n) is 11.2. The van der Waals surface area contributed by atoms with Gasteiger partial charge in [0.25, 0.3) is 0 Å². The first kappa shape index (κ1) is 15.7. The van der Waals surface area contributed by atoms with Gasteiger partial charge in [-0.3, -0.25) is 4.21 Å². The van der Waals surface area contributed by atoms with Gasteiger partial charge in [0.1, 0.15) is 5.75 Å². The van der Waals surface area contributed by atoms with Crippen molar-refractivity contribution in [1.29, 1.82) is 0 Å².